The Morgan fingerprint density at radius 3 is 3.12 bits per heavy atom. The second-order valence-electron chi connectivity index (χ2n) is 4.21. The number of nitrogens with zero attached hydrogens (tertiary/aromatic N) is 1. The summed E-state index contributed by atoms with van der Waals surface area (Å²) in [5.74, 6) is -0.771. The first kappa shape index (κ1) is 12.0. The molecule has 0 aromatic carbocycles. The Bertz CT molecular complexity index is 411. The van der Waals surface area contributed by atoms with Crippen molar-refractivity contribution < 1.29 is 13.9 Å². The van der Waals surface area contributed by atoms with Gasteiger partial charge in [-0.05, 0) is 19.8 Å². The minimum Gasteiger partial charge on any atom is -0.378 e. The van der Waals surface area contributed by atoms with Crippen molar-refractivity contribution in [3.05, 3.63) is 24.3 Å². The van der Waals surface area contributed by atoms with Crippen molar-refractivity contribution in [3.63, 3.8) is 0 Å². The molecule has 1 amide bonds. The van der Waals surface area contributed by atoms with Gasteiger partial charge in [-0.3, -0.25) is 9.78 Å². The zero-order valence-electron chi connectivity index (χ0n) is 9.65. The predicted octanol–water partition coefficient (Wildman–Crippen LogP) is 1.97. The third kappa shape index (κ3) is 3.00. The third-order valence-corrected chi connectivity index (χ3v) is 2.92. The van der Waals surface area contributed by atoms with E-state index in [4.69, 9.17) is 4.74 Å². The van der Waals surface area contributed by atoms with Crippen LogP contribution in [0.25, 0.3) is 0 Å². The number of rotatable bonds is 2. The predicted molar refractivity (Wildman–Crippen MR) is 61.0 cm³/mol. The van der Waals surface area contributed by atoms with E-state index < -0.39 is 5.82 Å². The lowest BCUT2D eigenvalue weighted by atomic mass is 9.94. The molecule has 5 heteroatoms. The molecule has 17 heavy (non-hydrogen) atoms. The lowest BCUT2D eigenvalue weighted by molar-refractivity contribution is -0.127. The third-order valence-electron chi connectivity index (χ3n) is 2.92. The molecule has 1 aliphatic heterocycles. The van der Waals surface area contributed by atoms with Gasteiger partial charge in [0.05, 0.1) is 30.1 Å². The maximum atomic E-state index is 12.9. The molecular weight excluding hydrogens is 223 g/mol. The van der Waals surface area contributed by atoms with Gasteiger partial charge in [-0.1, -0.05) is 0 Å². The van der Waals surface area contributed by atoms with Gasteiger partial charge in [0.15, 0.2) is 0 Å². The highest BCUT2D eigenvalue weighted by Gasteiger charge is 2.28. The molecule has 1 aromatic heterocycles. The molecule has 1 N–H and O–H groups in total. The number of ether oxygens (including phenoxy) is 1. The average molecular weight is 238 g/mol. The van der Waals surface area contributed by atoms with Crippen molar-refractivity contribution in [1.82, 2.24) is 4.98 Å². The van der Waals surface area contributed by atoms with E-state index in [2.05, 4.69) is 10.3 Å². The van der Waals surface area contributed by atoms with Crippen LogP contribution in [0.5, 0.6) is 0 Å². The number of amides is 1. The second kappa shape index (κ2) is 5.23. The van der Waals surface area contributed by atoms with Crippen molar-refractivity contribution in [3.8, 4) is 0 Å². The Hall–Kier alpha value is -1.49. The molecule has 1 aromatic rings. The monoisotopic (exact) mass is 238 g/mol. The van der Waals surface area contributed by atoms with Gasteiger partial charge < -0.3 is 10.1 Å². The van der Waals surface area contributed by atoms with Crippen LogP contribution in [0.2, 0.25) is 0 Å². The molecular formula is C12H15FN2O2. The van der Waals surface area contributed by atoms with E-state index in [9.17, 15) is 9.18 Å². The molecule has 4 nitrogen and oxygen atoms in total. The number of carbonyl (C=O) groups is 1. The fourth-order valence-corrected chi connectivity index (χ4v) is 1.98. The van der Waals surface area contributed by atoms with Crippen molar-refractivity contribution in [2.45, 2.75) is 25.9 Å². The summed E-state index contributed by atoms with van der Waals surface area (Å²) in [5.41, 5.74) is 0.382. The summed E-state index contributed by atoms with van der Waals surface area (Å²) >= 11 is 0. The number of aromatic nitrogens is 1. The molecule has 0 aliphatic carbocycles. The van der Waals surface area contributed by atoms with Crippen LogP contribution in [0, 0.1) is 11.7 Å². The van der Waals surface area contributed by atoms with E-state index in [1.807, 2.05) is 6.92 Å². The molecule has 0 saturated carbocycles. The molecule has 0 unspecified atom stereocenters. The summed E-state index contributed by atoms with van der Waals surface area (Å²) in [7, 11) is 0. The highest BCUT2D eigenvalue weighted by molar-refractivity contribution is 5.92. The Kier molecular flexibility index (Phi) is 3.68. The molecule has 2 heterocycles. The SMILES string of the molecule is C[C@H]1OCCC[C@H]1C(=O)Nc1cncc(F)c1. The smallest absolute Gasteiger partial charge is 0.230 e. The van der Waals surface area contributed by atoms with Crippen molar-refractivity contribution >= 4 is 11.6 Å². The van der Waals surface area contributed by atoms with E-state index in [1.165, 1.54) is 12.3 Å². The topological polar surface area (TPSA) is 51.2 Å². The van der Waals surface area contributed by atoms with Crippen LogP contribution in [0.3, 0.4) is 0 Å². The molecule has 0 radical (unpaired) electrons. The zero-order valence-corrected chi connectivity index (χ0v) is 9.65. The van der Waals surface area contributed by atoms with Crippen molar-refractivity contribution in [2.24, 2.45) is 5.92 Å². The quantitative estimate of drug-likeness (QED) is 0.857. The Balaban J connectivity index is 2.01. The highest BCUT2D eigenvalue weighted by Crippen LogP contribution is 2.22. The van der Waals surface area contributed by atoms with Crippen LogP contribution < -0.4 is 5.32 Å². The number of nitrogens with one attached hydrogen (secondary N) is 1. The molecule has 1 saturated heterocycles. The molecule has 1 fully saturated rings. The van der Waals surface area contributed by atoms with Crippen LogP contribution in [0.15, 0.2) is 18.5 Å². The average Bonchev–Trinajstić information content (AvgIpc) is 2.29. The molecule has 92 valence electrons. The van der Waals surface area contributed by atoms with Crippen molar-refractivity contribution in [1.29, 1.82) is 0 Å². The first-order valence-corrected chi connectivity index (χ1v) is 5.70. The number of halogens is 1. The van der Waals surface area contributed by atoms with Gasteiger partial charge in [-0.15, -0.1) is 0 Å². The molecule has 0 spiro atoms. The summed E-state index contributed by atoms with van der Waals surface area (Å²) in [6.07, 6.45) is 4.11. The Labute approximate surface area is 99.2 Å². The minimum atomic E-state index is -0.462. The molecule has 0 bridgehead atoms. The lowest BCUT2D eigenvalue weighted by Crippen LogP contribution is -2.36. The number of pyridine rings is 1. The maximum absolute atomic E-state index is 12.9. The first-order valence-electron chi connectivity index (χ1n) is 5.70. The van der Waals surface area contributed by atoms with Gasteiger partial charge >= 0.3 is 0 Å². The van der Waals surface area contributed by atoms with E-state index >= 15 is 0 Å². The van der Waals surface area contributed by atoms with Crippen LogP contribution in [0.4, 0.5) is 10.1 Å². The number of anilines is 1. The van der Waals surface area contributed by atoms with Gasteiger partial charge in [0.1, 0.15) is 5.82 Å². The summed E-state index contributed by atoms with van der Waals surface area (Å²) in [6.45, 7) is 2.58. The van der Waals surface area contributed by atoms with Gasteiger partial charge in [0, 0.05) is 12.7 Å². The van der Waals surface area contributed by atoms with Gasteiger partial charge in [-0.25, -0.2) is 4.39 Å². The van der Waals surface area contributed by atoms with E-state index in [1.54, 1.807) is 0 Å². The highest BCUT2D eigenvalue weighted by atomic mass is 19.1. The Morgan fingerprint density at radius 1 is 1.59 bits per heavy atom. The summed E-state index contributed by atoms with van der Waals surface area (Å²) in [6, 6.07) is 1.25. The van der Waals surface area contributed by atoms with Gasteiger partial charge in [-0.2, -0.15) is 0 Å². The molecule has 1 aliphatic rings. The van der Waals surface area contributed by atoms with Crippen LogP contribution >= 0.6 is 0 Å². The maximum Gasteiger partial charge on any atom is 0.230 e. The van der Waals surface area contributed by atoms with Gasteiger partial charge in [0.25, 0.3) is 0 Å². The fourth-order valence-electron chi connectivity index (χ4n) is 1.98. The van der Waals surface area contributed by atoms with Crippen LogP contribution in [0.1, 0.15) is 19.8 Å². The summed E-state index contributed by atoms with van der Waals surface area (Å²) in [4.78, 5) is 15.6. The van der Waals surface area contributed by atoms with Crippen LogP contribution in [-0.4, -0.2) is 23.6 Å². The minimum absolute atomic E-state index is 0.0923. The number of hydrogen-bond donors (Lipinski definition) is 1. The standard InChI is InChI=1S/C12H15FN2O2/c1-8-11(3-2-4-17-8)12(16)15-10-5-9(13)6-14-7-10/h5-8,11H,2-4H2,1H3,(H,15,16)/t8-,11-/m1/s1. The number of hydrogen-bond acceptors (Lipinski definition) is 3. The molecule has 2 atom stereocenters. The van der Waals surface area contributed by atoms with E-state index in [0.717, 1.165) is 19.0 Å². The van der Waals surface area contributed by atoms with Gasteiger partial charge in [0.2, 0.25) is 5.91 Å². The summed E-state index contributed by atoms with van der Waals surface area (Å²) < 4.78 is 18.3. The Morgan fingerprint density at radius 2 is 2.41 bits per heavy atom. The van der Waals surface area contributed by atoms with Crippen molar-refractivity contribution in [2.75, 3.05) is 11.9 Å². The molecule has 2 rings (SSSR count). The van der Waals surface area contributed by atoms with E-state index in [-0.39, 0.29) is 17.9 Å². The van der Waals surface area contributed by atoms with Crippen LogP contribution in [-0.2, 0) is 9.53 Å². The van der Waals surface area contributed by atoms with E-state index in [0.29, 0.717) is 12.3 Å². The first-order chi connectivity index (χ1) is 8.16. The second-order valence-corrected chi connectivity index (χ2v) is 4.21. The normalized spacial score (nSPS) is 24.4. The lowest BCUT2D eigenvalue weighted by Gasteiger charge is -2.27. The largest absolute Gasteiger partial charge is 0.378 e. The summed E-state index contributed by atoms with van der Waals surface area (Å²) in [5, 5.41) is 2.66. The number of carbonyl (C=O) groups excluding carboxylic acids is 1. The fraction of sp³-hybridized carbons (Fsp3) is 0.500. The zero-order chi connectivity index (χ0) is 12.3.